The molecule has 1 aromatic carbocycles. The predicted molar refractivity (Wildman–Crippen MR) is 98.6 cm³/mol. The fraction of sp³-hybridized carbons (Fsp3) is 0.476. The molecular weight excluding hydrogens is 298 g/mol. The van der Waals surface area contributed by atoms with Crippen molar-refractivity contribution < 1.29 is 9.53 Å². The van der Waals surface area contributed by atoms with E-state index in [-0.39, 0.29) is 18.2 Å². The summed E-state index contributed by atoms with van der Waals surface area (Å²) in [5.74, 6) is 0. The molecule has 2 aliphatic heterocycles. The normalized spacial score (nSPS) is 23.5. The molecule has 3 heteroatoms. The van der Waals surface area contributed by atoms with Crippen LogP contribution in [0.4, 0.5) is 4.79 Å². The molecule has 24 heavy (non-hydrogen) atoms. The van der Waals surface area contributed by atoms with Crippen molar-refractivity contribution in [3.63, 3.8) is 0 Å². The number of benzene rings is 1. The van der Waals surface area contributed by atoms with Gasteiger partial charge in [0.1, 0.15) is 5.60 Å². The zero-order valence-corrected chi connectivity index (χ0v) is 14.9. The first kappa shape index (κ1) is 16.8. The summed E-state index contributed by atoms with van der Waals surface area (Å²) in [4.78, 5) is 14.6. The summed E-state index contributed by atoms with van der Waals surface area (Å²) < 4.78 is 5.63. The summed E-state index contributed by atoms with van der Waals surface area (Å²) in [6.45, 7) is 9.58. The second-order valence-corrected chi connectivity index (χ2v) is 7.76. The van der Waals surface area contributed by atoms with Crippen LogP contribution in [-0.2, 0) is 4.74 Å². The van der Waals surface area contributed by atoms with Gasteiger partial charge in [0.05, 0.1) is 6.04 Å². The second-order valence-electron chi connectivity index (χ2n) is 7.76. The van der Waals surface area contributed by atoms with Gasteiger partial charge in [0, 0.05) is 6.04 Å². The summed E-state index contributed by atoms with van der Waals surface area (Å²) in [6, 6.07) is 8.90. The Morgan fingerprint density at radius 1 is 1.25 bits per heavy atom. The highest BCUT2D eigenvalue weighted by molar-refractivity contribution is 5.75. The van der Waals surface area contributed by atoms with E-state index >= 15 is 0 Å². The van der Waals surface area contributed by atoms with Crippen LogP contribution in [0.3, 0.4) is 0 Å². The number of fused-ring (bicyclic) bond motifs is 2. The molecule has 128 valence electrons. The number of nitrogens with zero attached hydrogens (tertiary/aromatic N) is 1. The average molecular weight is 325 g/mol. The number of rotatable bonds is 2. The minimum Gasteiger partial charge on any atom is -0.444 e. The first-order valence-electron chi connectivity index (χ1n) is 8.82. The van der Waals surface area contributed by atoms with Crippen molar-refractivity contribution in [3.05, 3.63) is 48.0 Å². The Kier molecular flexibility index (Phi) is 4.53. The lowest BCUT2D eigenvalue weighted by Crippen LogP contribution is -2.53. The third kappa shape index (κ3) is 3.55. The summed E-state index contributed by atoms with van der Waals surface area (Å²) >= 11 is 0. The highest BCUT2D eigenvalue weighted by atomic mass is 16.6. The van der Waals surface area contributed by atoms with Gasteiger partial charge in [0.25, 0.3) is 0 Å². The lowest BCUT2D eigenvalue weighted by atomic mass is 9.83. The minimum atomic E-state index is -0.449. The number of carbonyl (C=O) groups is 1. The maximum absolute atomic E-state index is 12.6. The van der Waals surface area contributed by atoms with E-state index in [9.17, 15) is 4.79 Å². The summed E-state index contributed by atoms with van der Waals surface area (Å²) in [7, 11) is 0. The van der Waals surface area contributed by atoms with Gasteiger partial charge in [0.15, 0.2) is 0 Å². The third-order valence-electron chi connectivity index (χ3n) is 4.76. The molecule has 0 radical (unpaired) electrons. The van der Waals surface area contributed by atoms with Gasteiger partial charge in [-0.15, -0.1) is 0 Å². The van der Waals surface area contributed by atoms with Crippen LogP contribution in [0.5, 0.6) is 0 Å². The Morgan fingerprint density at radius 2 is 1.96 bits per heavy atom. The van der Waals surface area contributed by atoms with E-state index in [0.717, 1.165) is 24.8 Å². The van der Waals surface area contributed by atoms with E-state index in [1.807, 2.05) is 31.7 Å². The molecule has 2 aliphatic rings. The van der Waals surface area contributed by atoms with Crippen molar-refractivity contribution in [2.75, 3.05) is 0 Å². The Balaban J connectivity index is 1.84. The van der Waals surface area contributed by atoms with Crippen molar-refractivity contribution >= 4 is 17.7 Å². The summed E-state index contributed by atoms with van der Waals surface area (Å²) in [6.07, 6.45) is 8.11. The van der Waals surface area contributed by atoms with Crippen LogP contribution in [-0.4, -0.2) is 28.7 Å². The van der Waals surface area contributed by atoms with Gasteiger partial charge in [-0.3, -0.25) is 4.90 Å². The Bertz CT molecular complexity index is 651. The molecule has 0 saturated carbocycles. The minimum absolute atomic E-state index is 0.154. The van der Waals surface area contributed by atoms with Crippen LogP contribution in [0.25, 0.3) is 11.6 Å². The molecule has 2 bridgehead atoms. The SMILES string of the molecule is C=Cc1ccc(C2=CC3CCCC(C2)N3C(=O)OC(C)(C)C)cc1. The van der Waals surface area contributed by atoms with Crippen LogP contribution in [0.15, 0.2) is 36.9 Å². The quantitative estimate of drug-likeness (QED) is 0.741. The van der Waals surface area contributed by atoms with E-state index in [1.54, 1.807) is 0 Å². The molecule has 0 aliphatic carbocycles. The van der Waals surface area contributed by atoms with Gasteiger partial charge in [-0.1, -0.05) is 43.0 Å². The molecule has 1 fully saturated rings. The highest BCUT2D eigenvalue weighted by Crippen LogP contribution is 2.38. The molecule has 1 amide bonds. The summed E-state index contributed by atoms with van der Waals surface area (Å²) in [5.41, 5.74) is 3.28. The third-order valence-corrected chi connectivity index (χ3v) is 4.76. The number of piperidine rings is 1. The Labute approximate surface area is 145 Å². The van der Waals surface area contributed by atoms with E-state index in [1.165, 1.54) is 17.6 Å². The molecule has 1 saturated heterocycles. The Morgan fingerprint density at radius 3 is 2.54 bits per heavy atom. The molecule has 0 N–H and O–H groups in total. The standard InChI is InChI=1S/C21H27NO2/c1-5-15-9-11-16(12-10-15)17-13-18-7-6-8-19(14-17)22(18)20(23)24-21(2,3)4/h5,9-13,18-19H,1,6-8,14H2,2-4H3. The molecule has 2 unspecified atom stereocenters. The summed E-state index contributed by atoms with van der Waals surface area (Å²) in [5, 5.41) is 0. The number of carbonyl (C=O) groups excluding carboxylic acids is 1. The van der Waals surface area contributed by atoms with Crippen LogP contribution in [0.2, 0.25) is 0 Å². The molecule has 3 rings (SSSR count). The van der Waals surface area contributed by atoms with Crippen LogP contribution < -0.4 is 0 Å². The van der Waals surface area contributed by atoms with E-state index in [0.29, 0.717) is 0 Å². The highest BCUT2D eigenvalue weighted by Gasteiger charge is 2.39. The zero-order valence-electron chi connectivity index (χ0n) is 14.9. The van der Waals surface area contributed by atoms with Gasteiger partial charge in [0.2, 0.25) is 0 Å². The fourth-order valence-corrected chi connectivity index (χ4v) is 3.68. The van der Waals surface area contributed by atoms with Gasteiger partial charge in [-0.25, -0.2) is 4.79 Å². The molecular formula is C21H27NO2. The fourth-order valence-electron chi connectivity index (χ4n) is 3.68. The van der Waals surface area contributed by atoms with E-state index < -0.39 is 5.60 Å². The lowest BCUT2D eigenvalue weighted by molar-refractivity contribution is 0.0000863. The van der Waals surface area contributed by atoms with Gasteiger partial charge < -0.3 is 4.74 Å². The molecule has 0 spiro atoms. The van der Waals surface area contributed by atoms with Crippen LogP contribution in [0, 0.1) is 0 Å². The average Bonchev–Trinajstić information content (AvgIpc) is 2.52. The second kappa shape index (κ2) is 6.46. The van der Waals surface area contributed by atoms with Crippen LogP contribution >= 0.6 is 0 Å². The topological polar surface area (TPSA) is 29.5 Å². The zero-order chi connectivity index (χ0) is 17.3. The Hall–Kier alpha value is -2.03. The number of ether oxygens (including phenoxy) is 1. The number of hydrogen-bond donors (Lipinski definition) is 0. The van der Waals surface area contributed by atoms with Gasteiger partial charge in [-0.2, -0.15) is 0 Å². The smallest absolute Gasteiger partial charge is 0.411 e. The van der Waals surface area contributed by atoms with E-state index in [2.05, 4.69) is 36.9 Å². The molecule has 2 atom stereocenters. The molecule has 0 aromatic heterocycles. The van der Waals surface area contributed by atoms with Crippen molar-refractivity contribution in [2.45, 2.75) is 64.1 Å². The predicted octanol–water partition coefficient (Wildman–Crippen LogP) is 5.27. The van der Waals surface area contributed by atoms with Crippen molar-refractivity contribution in [1.82, 2.24) is 4.90 Å². The lowest BCUT2D eigenvalue weighted by Gasteiger charge is -2.45. The first-order chi connectivity index (χ1) is 11.4. The number of hydrogen-bond acceptors (Lipinski definition) is 2. The molecule has 1 aromatic rings. The van der Waals surface area contributed by atoms with E-state index in [4.69, 9.17) is 4.74 Å². The maximum atomic E-state index is 12.6. The van der Waals surface area contributed by atoms with Gasteiger partial charge in [-0.05, 0) is 63.2 Å². The molecule has 2 heterocycles. The largest absolute Gasteiger partial charge is 0.444 e. The van der Waals surface area contributed by atoms with Crippen molar-refractivity contribution in [3.8, 4) is 0 Å². The van der Waals surface area contributed by atoms with Crippen LogP contribution in [0.1, 0.15) is 57.6 Å². The van der Waals surface area contributed by atoms with Crippen molar-refractivity contribution in [1.29, 1.82) is 0 Å². The first-order valence-corrected chi connectivity index (χ1v) is 8.82. The van der Waals surface area contributed by atoms with Crippen molar-refractivity contribution in [2.24, 2.45) is 0 Å². The maximum Gasteiger partial charge on any atom is 0.411 e. The number of amides is 1. The monoisotopic (exact) mass is 325 g/mol. The molecule has 3 nitrogen and oxygen atoms in total. The van der Waals surface area contributed by atoms with Gasteiger partial charge >= 0.3 is 6.09 Å².